The third-order valence-electron chi connectivity index (χ3n) is 7.64. The van der Waals surface area contributed by atoms with Gasteiger partial charge in [-0.15, -0.1) is 0 Å². The molecule has 34 heavy (non-hydrogen) atoms. The average Bonchev–Trinajstić information content (AvgIpc) is 2.78. The summed E-state index contributed by atoms with van der Waals surface area (Å²) in [5, 5.41) is 0. The van der Waals surface area contributed by atoms with Crippen LogP contribution >= 0.6 is 0 Å². The number of likely N-dealkylation sites (tertiary alicyclic amines) is 1. The fraction of sp³-hybridized carbons (Fsp3) is 0.500. The van der Waals surface area contributed by atoms with Crippen LogP contribution in [0.15, 0.2) is 48.5 Å². The maximum atomic E-state index is 13.0. The van der Waals surface area contributed by atoms with Gasteiger partial charge in [-0.2, -0.15) is 13.2 Å². The topological polar surface area (TPSA) is 48.0 Å². The molecule has 0 atom stereocenters. The summed E-state index contributed by atoms with van der Waals surface area (Å²) < 4.78 is 54.9. The van der Waals surface area contributed by atoms with Crippen molar-refractivity contribution in [3.8, 4) is 5.75 Å². The van der Waals surface area contributed by atoms with E-state index in [0.29, 0.717) is 37.6 Å². The highest BCUT2D eigenvalue weighted by atomic mass is 19.4. The van der Waals surface area contributed by atoms with Crippen LogP contribution in [0.1, 0.15) is 47.2 Å². The van der Waals surface area contributed by atoms with Gasteiger partial charge >= 0.3 is 6.18 Å². The van der Waals surface area contributed by atoms with Crippen molar-refractivity contribution in [2.75, 3.05) is 33.4 Å². The lowest BCUT2D eigenvalue weighted by molar-refractivity contribution is -0.202. The van der Waals surface area contributed by atoms with Gasteiger partial charge in [0, 0.05) is 25.8 Å². The number of amides is 1. The smallest absolute Gasteiger partial charge is 0.416 e. The predicted octanol–water partition coefficient (Wildman–Crippen LogP) is 5.04. The zero-order valence-electron chi connectivity index (χ0n) is 19.1. The Hall–Kier alpha value is -2.58. The van der Waals surface area contributed by atoms with Gasteiger partial charge in [0.2, 0.25) is 0 Å². The van der Waals surface area contributed by atoms with Crippen molar-refractivity contribution in [3.63, 3.8) is 0 Å². The number of carbonyl (C=O) groups is 1. The Kier molecular flexibility index (Phi) is 5.84. The molecule has 0 radical (unpaired) electrons. The van der Waals surface area contributed by atoms with E-state index in [9.17, 15) is 18.0 Å². The Morgan fingerprint density at radius 1 is 1.00 bits per heavy atom. The van der Waals surface area contributed by atoms with Gasteiger partial charge in [0.15, 0.2) is 0 Å². The van der Waals surface area contributed by atoms with Crippen molar-refractivity contribution in [2.45, 2.75) is 43.6 Å². The highest BCUT2D eigenvalue weighted by Crippen LogP contribution is 2.50. The minimum atomic E-state index is -4.34. The molecule has 5 nitrogen and oxygen atoms in total. The van der Waals surface area contributed by atoms with Gasteiger partial charge in [-0.05, 0) is 73.1 Å². The molecule has 2 saturated heterocycles. The molecule has 1 aliphatic carbocycles. The van der Waals surface area contributed by atoms with E-state index in [1.807, 2.05) is 29.2 Å². The summed E-state index contributed by atoms with van der Waals surface area (Å²) in [5.41, 5.74) is 0.772. The summed E-state index contributed by atoms with van der Waals surface area (Å²) in [6.07, 6.45) is -0.779. The van der Waals surface area contributed by atoms with Gasteiger partial charge in [0.05, 0.1) is 24.9 Å². The SMILES string of the molecule is COC1(c2ccc(C(=O)N3CCC4(CC3)CC(Oc3ccc(C(F)(F)F)cc3)C4)cc2)COC1. The molecule has 0 aromatic heterocycles. The third kappa shape index (κ3) is 4.29. The van der Waals surface area contributed by atoms with E-state index in [1.165, 1.54) is 12.1 Å². The van der Waals surface area contributed by atoms with Crippen LogP contribution in [0.5, 0.6) is 5.75 Å². The molecule has 5 rings (SSSR count). The lowest BCUT2D eigenvalue weighted by Gasteiger charge is -2.51. The summed E-state index contributed by atoms with van der Waals surface area (Å²) in [4.78, 5) is 14.9. The standard InChI is InChI=1S/C26H28F3NO4/c1-32-25(16-33-17-25)19-4-2-18(3-5-19)23(31)30-12-10-24(11-13-30)14-22(15-24)34-21-8-6-20(7-9-21)26(27,28)29/h2-9,22H,10-17H2,1H3. The maximum absolute atomic E-state index is 13.0. The summed E-state index contributed by atoms with van der Waals surface area (Å²) in [7, 11) is 1.67. The lowest BCUT2D eigenvalue weighted by Crippen LogP contribution is -2.52. The number of piperidine rings is 1. The molecule has 8 heteroatoms. The third-order valence-corrected chi connectivity index (χ3v) is 7.64. The molecule has 3 aliphatic rings. The molecule has 0 unspecified atom stereocenters. The number of hydrogen-bond acceptors (Lipinski definition) is 4. The van der Waals surface area contributed by atoms with Crippen LogP contribution in [-0.4, -0.2) is 50.3 Å². The quantitative estimate of drug-likeness (QED) is 0.608. The normalized spacial score (nSPS) is 21.6. The van der Waals surface area contributed by atoms with E-state index >= 15 is 0 Å². The van der Waals surface area contributed by atoms with Gasteiger partial charge in [0.25, 0.3) is 5.91 Å². The van der Waals surface area contributed by atoms with E-state index in [1.54, 1.807) is 7.11 Å². The van der Waals surface area contributed by atoms with Gasteiger partial charge < -0.3 is 19.1 Å². The van der Waals surface area contributed by atoms with E-state index in [2.05, 4.69) is 0 Å². The van der Waals surface area contributed by atoms with Gasteiger partial charge in [-0.3, -0.25) is 4.79 Å². The highest BCUT2D eigenvalue weighted by Gasteiger charge is 2.48. The number of ether oxygens (including phenoxy) is 3. The van der Waals surface area contributed by atoms with E-state index in [0.717, 1.165) is 43.4 Å². The van der Waals surface area contributed by atoms with Gasteiger partial charge in [-0.25, -0.2) is 0 Å². The number of alkyl halides is 3. The van der Waals surface area contributed by atoms with Crippen molar-refractivity contribution in [1.82, 2.24) is 4.90 Å². The zero-order chi connectivity index (χ0) is 24.0. The largest absolute Gasteiger partial charge is 0.490 e. The Morgan fingerprint density at radius 3 is 2.12 bits per heavy atom. The van der Waals surface area contributed by atoms with E-state index in [4.69, 9.17) is 14.2 Å². The molecule has 3 fully saturated rings. The molecule has 182 valence electrons. The number of nitrogens with zero attached hydrogens (tertiary/aromatic N) is 1. The molecule has 0 bridgehead atoms. The van der Waals surface area contributed by atoms with Crippen LogP contribution in [0.3, 0.4) is 0 Å². The van der Waals surface area contributed by atoms with Crippen molar-refractivity contribution >= 4 is 5.91 Å². The first kappa shape index (κ1) is 23.2. The average molecular weight is 476 g/mol. The molecule has 2 aromatic rings. The minimum Gasteiger partial charge on any atom is -0.490 e. The molecular formula is C26H28F3NO4. The fourth-order valence-corrected chi connectivity index (χ4v) is 5.29. The maximum Gasteiger partial charge on any atom is 0.416 e. The molecule has 0 N–H and O–H groups in total. The second kappa shape index (κ2) is 8.57. The first-order valence-electron chi connectivity index (χ1n) is 11.6. The number of halogens is 3. The number of hydrogen-bond donors (Lipinski definition) is 0. The number of carbonyl (C=O) groups excluding carboxylic acids is 1. The first-order valence-corrected chi connectivity index (χ1v) is 11.6. The molecule has 2 heterocycles. The number of benzene rings is 2. The second-order valence-corrected chi connectivity index (χ2v) is 9.73. The minimum absolute atomic E-state index is 0.00937. The first-order chi connectivity index (χ1) is 16.2. The van der Waals surface area contributed by atoms with Crippen molar-refractivity contribution in [2.24, 2.45) is 5.41 Å². The van der Waals surface area contributed by atoms with E-state index < -0.39 is 17.3 Å². The summed E-state index contributed by atoms with van der Waals surface area (Å²) in [6, 6.07) is 12.5. The van der Waals surface area contributed by atoms with Crippen LogP contribution in [0.25, 0.3) is 0 Å². The van der Waals surface area contributed by atoms with Crippen LogP contribution in [0, 0.1) is 5.41 Å². The zero-order valence-corrected chi connectivity index (χ0v) is 19.1. The number of rotatable bonds is 5. The summed E-state index contributed by atoms with van der Waals surface area (Å²) >= 11 is 0. The summed E-state index contributed by atoms with van der Waals surface area (Å²) in [6.45, 7) is 2.44. The van der Waals surface area contributed by atoms with Gasteiger partial charge in [0.1, 0.15) is 11.4 Å². The second-order valence-electron chi connectivity index (χ2n) is 9.73. The lowest BCUT2D eigenvalue weighted by atomic mass is 9.61. The highest BCUT2D eigenvalue weighted by molar-refractivity contribution is 5.94. The van der Waals surface area contributed by atoms with Crippen LogP contribution in [0.4, 0.5) is 13.2 Å². The Labute approximate surface area is 196 Å². The predicted molar refractivity (Wildman–Crippen MR) is 119 cm³/mol. The Morgan fingerprint density at radius 2 is 1.62 bits per heavy atom. The molecular weight excluding hydrogens is 447 g/mol. The van der Waals surface area contributed by atoms with Gasteiger partial charge in [-0.1, -0.05) is 12.1 Å². The van der Waals surface area contributed by atoms with Crippen LogP contribution in [-0.2, 0) is 21.3 Å². The van der Waals surface area contributed by atoms with E-state index in [-0.39, 0.29) is 17.4 Å². The van der Waals surface area contributed by atoms with Crippen molar-refractivity contribution in [3.05, 3.63) is 65.2 Å². The monoisotopic (exact) mass is 475 g/mol. The number of methoxy groups -OCH3 is 1. The van der Waals surface area contributed by atoms with Crippen LogP contribution in [0.2, 0.25) is 0 Å². The van der Waals surface area contributed by atoms with Crippen LogP contribution < -0.4 is 4.74 Å². The summed E-state index contributed by atoms with van der Waals surface area (Å²) in [5.74, 6) is 0.502. The molecule has 1 amide bonds. The molecule has 1 saturated carbocycles. The van der Waals surface area contributed by atoms with Crippen molar-refractivity contribution in [1.29, 1.82) is 0 Å². The fourth-order valence-electron chi connectivity index (χ4n) is 5.29. The Balaban J connectivity index is 1.11. The molecule has 1 spiro atoms. The van der Waals surface area contributed by atoms with Crippen molar-refractivity contribution < 1.29 is 32.2 Å². The Bertz CT molecular complexity index is 1010. The molecule has 2 aliphatic heterocycles. The molecule has 2 aromatic carbocycles.